The van der Waals surface area contributed by atoms with Gasteiger partial charge in [-0.25, -0.2) is 4.98 Å². The number of nitrogens with zero attached hydrogens (tertiary/aromatic N) is 5. The van der Waals surface area contributed by atoms with Gasteiger partial charge in [0.1, 0.15) is 5.69 Å². The van der Waals surface area contributed by atoms with Crippen LogP contribution in [0, 0.1) is 13.8 Å². The summed E-state index contributed by atoms with van der Waals surface area (Å²) in [6.45, 7) is 5.28. The molecule has 1 aliphatic heterocycles. The first-order valence-electron chi connectivity index (χ1n) is 6.72. The number of likely N-dealkylation sites (tertiary alicyclic amines) is 1. The molecule has 2 aromatic rings. The SMILES string of the molecule is Cc1cnn(C2CCN(C(=O)c3cnc(C)cn3)C2)c1. The fourth-order valence-corrected chi connectivity index (χ4v) is 2.44. The van der Waals surface area contributed by atoms with E-state index < -0.39 is 0 Å². The molecule has 0 spiro atoms. The molecule has 104 valence electrons. The summed E-state index contributed by atoms with van der Waals surface area (Å²) in [5.41, 5.74) is 2.36. The quantitative estimate of drug-likeness (QED) is 0.827. The van der Waals surface area contributed by atoms with E-state index in [1.807, 2.05) is 35.8 Å². The van der Waals surface area contributed by atoms with E-state index in [4.69, 9.17) is 0 Å². The zero-order valence-electron chi connectivity index (χ0n) is 11.7. The number of amides is 1. The second-order valence-corrected chi connectivity index (χ2v) is 5.23. The van der Waals surface area contributed by atoms with Gasteiger partial charge in [0.25, 0.3) is 5.91 Å². The topological polar surface area (TPSA) is 63.9 Å². The Morgan fingerprint density at radius 2 is 2.10 bits per heavy atom. The van der Waals surface area contributed by atoms with Gasteiger partial charge in [0.05, 0.1) is 24.1 Å². The maximum Gasteiger partial charge on any atom is 0.274 e. The van der Waals surface area contributed by atoms with E-state index in [1.54, 1.807) is 12.4 Å². The molecule has 1 unspecified atom stereocenters. The first-order chi connectivity index (χ1) is 9.63. The van der Waals surface area contributed by atoms with Crippen molar-refractivity contribution >= 4 is 5.91 Å². The Kier molecular flexibility index (Phi) is 3.22. The van der Waals surface area contributed by atoms with Gasteiger partial charge in [-0.3, -0.25) is 14.5 Å². The number of aryl methyl sites for hydroxylation is 2. The van der Waals surface area contributed by atoms with E-state index in [2.05, 4.69) is 15.1 Å². The number of carbonyl (C=O) groups excluding carboxylic acids is 1. The summed E-state index contributed by atoms with van der Waals surface area (Å²) in [5, 5.41) is 4.33. The maximum atomic E-state index is 12.3. The average Bonchev–Trinajstić information content (AvgIpc) is 3.07. The predicted octanol–water partition coefficient (Wildman–Crippen LogP) is 1.38. The molecule has 0 saturated carbocycles. The lowest BCUT2D eigenvalue weighted by Gasteiger charge is -2.16. The molecule has 3 heterocycles. The molecule has 6 nitrogen and oxygen atoms in total. The summed E-state index contributed by atoms with van der Waals surface area (Å²) in [4.78, 5) is 22.4. The highest BCUT2D eigenvalue weighted by Crippen LogP contribution is 2.22. The minimum atomic E-state index is -0.0520. The van der Waals surface area contributed by atoms with Crippen LogP contribution in [0.4, 0.5) is 0 Å². The first-order valence-corrected chi connectivity index (χ1v) is 6.72. The molecule has 20 heavy (non-hydrogen) atoms. The second kappa shape index (κ2) is 5.03. The maximum absolute atomic E-state index is 12.3. The van der Waals surface area contributed by atoms with Crippen LogP contribution in [-0.4, -0.2) is 43.6 Å². The number of hydrogen-bond donors (Lipinski definition) is 0. The number of hydrogen-bond acceptors (Lipinski definition) is 4. The molecule has 2 aromatic heterocycles. The van der Waals surface area contributed by atoms with Crippen molar-refractivity contribution in [2.75, 3.05) is 13.1 Å². The van der Waals surface area contributed by atoms with Crippen LogP contribution in [0.3, 0.4) is 0 Å². The van der Waals surface area contributed by atoms with E-state index in [0.717, 1.165) is 24.2 Å². The van der Waals surface area contributed by atoms with Crippen molar-refractivity contribution in [1.29, 1.82) is 0 Å². The standard InChI is InChI=1S/C14H17N5O/c1-10-5-17-19(8-10)12-3-4-18(9-12)14(20)13-7-15-11(2)6-16-13/h5-8,12H,3-4,9H2,1-2H3. The number of carbonyl (C=O) groups is 1. The lowest BCUT2D eigenvalue weighted by molar-refractivity contribution is 0.0780. The van der Waals surface area contributed by atoms with Crippen molar-refractivity contribution in [3.05, 3.63) is 41.7 Å². The Bertz CT molecular complexity index is 619. The van der Waals surface area contributed by atoms with Crippen molar-refractivity contribution in [2.24, 2.45) is 0 Å². The van der Waals surface area contributed by atoms with Crippen LogP contribution in [-0.2, 0) is 0 Å². The third kappa shape index (κ3) is 2.41. The summed E-state index contributed by atoms with van der Waals surface area (Å²) in [6, 6.07) is 0.256. The molecule has 1 saturated heterocycles. The van der Waals surface area contributed by atoms with Crippen molar-refractivity contribution in [3.8, 4) is 0 Å². The van der Waals surface area contributed by atoms with Crippen LogP contribution in [0.5, 0.6) is 0 Å². The monoisotopic (exact) mass is 271 g/mol. The van der Waals surface area contributed by atoms with E-state index in [0.29, 0.717) is 12.2 Å². The zero-order chi connectivity index (χ0) is 14.1. The molecule has 0 aliphatic carbocycles. The fraction of sp³-hybridized carbons (Fsp3) is 0.429. The third-order valence-corrected chi connectivity index (χ3v) is 3.56. The molecule has 1 fully saturated rings. The average molecular weight is 271 g/mol. The third-order valence-electron chi connectivity index (χ3n) is 3.56. The molecular formula is C14H17N5O. The van der Waals surface area contributed by atoms with Crippen LogP contribution < -0.4 is 0 Å². The Hall–Kier alpha value is -2.24. The first kappa shape index (κ1) is 12.8. The molecular weight excluding hydrogens is 254 g/mol. The Labute approximate surface area is 117 Å². The van der Waals surface area contributed by atoms with Crippen molar-refractivity contribution in [3.63, 3.8) is 0 Å². The second-order valence-electron chi connectivity index (χ2n) is 5.23. The lowest BCUT2D eigenvalue weighted by Crippen LogP contribution is -2.30. The van der Waals surface area contributed by atoms with Crippen molar-refractivity contribution < 1.29 is 4.79 Å². The highest BCUT2D eigenvalue weighted by atomic mass is 16.2. The van der Waals surface area contributed by atoms with Crippen molar-refractivity contribution in [1.82, 2.24) is 24.6 Å². The molecule has 0 N–H and O–H groups in total. The van der Waals surface area contributed by atoms with Gasteiger partial charge in [-0.2, -0.15) is 5.10 Å². The summed E-state index contributed by atoms with van der Waals surface area (Å²) in [7, 11) is 0. The Morgan fingerprint density at radius 1 is 1.25 bits per heavy atom. The molecule has 0 aromatic carbocycles. The summed E-state index contributed by atoms with van der Waals surface area (Å²) < 4.78 is 1.95. The summed E-state index contributed by atoms with van der Waals surface area (Å²) in [6.07, 6.45) is 7.95. The van der Waals surface area contributed by atoms with Gasteiger partial charge in [-0.05, 0) is 25.8 Å². The lowest BCUT2D eigenvalue weighted by atomic mass is 10.3. The predicted molar refractivity (Wildman–Crippen MR) is 73.3 cm³/mol. The van der Waals surface area contributed by atoms with Gasteiger partial charge >= 0.3 is 0 Å². The molecule has 3 rings (SSSR count). The minimum absolute atomic E-state index is 0.0520. The minimum Gasteiger partial charge on any atom is -0.335 e. The highest BCUT2D eigenvalue weighted by molar-refractivity contribution is 5.92. The molecule has 0 bridgehead atoms. The molecule has 0 radical (unpaired) electrons. The normalized spacial score (nSPS) is 18.5. The fourth-order valence-electron chi connectivity index (χ4n) is 2.44. The van der Waals surface area contributed by atoms with Crippen molar-refractivity contribution in [2.45, 2.75) is 26.3 Å². The van der Waals surface area contributed by atoms with Crippen LogP contribution in [0.1, 0.15) is 34.2 Å². The Morgan fingerprint density at radius 3 is 2.75 bits per heavy atom. The molecule has 1 amide bonds. The molecule has 1 aliphatic rings. The van der Waals surface area contributed by atoms with Gasteiger partial charge in [0.2, 0.25) is 0 Å². The summed E-state index contributed by atoms with van der Waals surface area (Å²) in [5.74, 6) is -0.0520. The Balaban J connectivity index is 1.70. The summed E-state index contributed by atoms with van der Waals surface area (Å²) >= 11 is 0. The zero-order valence-corrected chi connectivity index (χ0v) is 11.7. The highest BCUT2D eigenvalue weighted by Gasteiger charge is 2.29. The van der Waals surface area contributed by atoms with Gasteiger partial charge in [0.15, 0.2) is 0 Å². The van der Waals surface area contributed by atoms with Crippen LogP contribution in [0.15, 0.2) is 24.8 Å². The number of rotatable bonds is 2. The molecule has 6 heteroatoms. The van der Waals surface area contributed by atoms with E-state index in [9.17, 15) is 4.79 Å². The van der Waals surface area contributed by atoms with Crippen LogP contribution in [0.2, 0.25) is 0 Å². The van der Waals surface area contributed by atoms with E-state index >= 15 is 0 Å². The van der Waals surface area contributed by atoms with E-state index in [1.165, 1.54) is 0 Å². The van der Waals surface area contributed by atoms with Gasteiger partial charge in [0, 0.05) is 25.5 Å². The smallest absolute Gasteiger partial charge is 0.274 e. The van der Waals surface area contributed by atoms with E-state index in [-0.39, 0.29) is 11.9 Å². The largest absolute Gasteiger partial charge is 0.335 e. The van der Waals surface area contributed by atoms with Gasteiger partial charge < -0.3 is 4.90 Å². The van der Waals surface area contributed by atoms with Gasteiger partial charge in [-0.15, -0.1) is 0 Å². The van der Waals surface area contributed by atoms with Crippen LogP contribution >= 0.6 is 0 Å². The molecule has 1 atom stereocenters. The van der Waals surface area contributed by atoms with Crippen LogP contribution in [0.25, 0.3) is 0 Å². The van der Waals surface area contributed by atoms with Gasteiger partial charge in [-0.1, -0.05) is 0 Å². The number of aromatic nitrogens is 4.